The fraction of sp³-hybridized carbons (Fsp3) is 1.00. The highest BCUT2D eigenvalue weighted by atomic mass is 15.2. The molecule has 3 heteroatoms. The molecule has 0 bridgehead atoms. The summed E-state index contributed by atoms with van der Waals surface area (Å²) in [5.74, 6) is 0.762. The van der Waals surface area contributed by atoms with E-state index in [1.54, 1.807) is 0 Å². The largest absolute Gasteiger partial charge is 0.316 e. The molecule has 114 valence electrons. The number of piperidine rings is 1. The molecule has 1 N–H and O–H groups in total. The van der Waals surface area contributed by atoms with Gasteiger partial charge >= 0.3 is 0 Å². The van der Waals surface area contributed by atoms with E-state index in [1.807, 2.05) is 0 Å². The van der Waals surface area contributed by atoms with Gasteiger partial charge in [0.15, 0.2) is 0 Å². The molecule has 0 aliphatic carbocycles. The molecular formula is C16H35N3. The van der Waals surface area contributed by atoms with Gasteiger partial charge in [0.05, 0.1) is 0 Å². The van der Waals surface area contributed by atoms with Crippen LogP contribution < -0.4 is 5.32 Å². The smallest absolute Gasteiger partial charge is 0.0223 e. The lowest BCUT2D eigenvalue weighted by molar-refractivity contribution is 0.100. The van der Waals surface area contributed by atoms with Gasteiger partial charge in [0.2, 0.25) is 0 Å². The summed E-state index contributed by atoms with van der Waals surface area (Å²) in [5.41, 5.74) is 0. The minimum atomic E-state index is 0.706. The monoisotopic (exact) mass is 269 g/mol. The highest BCUT2D eigenvalue weighted by Gasteiger charge is 2.23. The lowest BCUT2D eigenvalue weighted by Gasteiger charge is -2.39. The molecule has 1 rings (SSSR count). The van der Waals surface area contributed by atoms with Crippen LogP contribution in [0.3, 0.4) is 0 Å². The van der Waals surface area contributed by atoms with Crippen molar-refractivity contribution < 1.29 is 0 Å². The minimum absolute atomic E-state index is 0.706. The van der Waals surface area contributed by atoms with Crippen LogP contribution in [0.15, 0.2) is 0 Å². The van der Waals surface area contributed by atoms with Crippen LogP contribution >= 0.6 is 0 Å². The Morgan fingerprint density at radius 2 is 2.05 bits per heavy atom. The second-order valence-electron chi connectivity index (χ2n) is 6.81. The van der Waals surface area contributed by atoms with Crippen LogP contribution in [0.5, 0.6) is 0 Å². The van der Waals surface area contributed by atoms with E-state index in [2.05, 4.69) is 50.0 Å². The Morgan fingerprint density at radius 1 is 1.32 bits per heavy atom. The maximum Gasteiger partial charge on any atom is 0.0223 e. The number of hydrogen-bond acceptors (Lipinski definition) is 3. The first kappa shape index (κ1) is 16.9. The SMILES string of the molecule is CC(C)CNCCCC(C)N(C)C1CCCN(C)C1. The second kappa shape index (κ2) is 8.93. The zero-order valence-corrected chi connectivity index (χ0v) is 13.8. The standard InChI is InChI=1S/C16H35N3/c1-14(2)12-17-10-6-8-15(3)19(5)16-9-7-11-18(4)13-16/h14-17H,6-13H2,1-5H3. The number of nitrogens with one attached hydrogen (secondary N) is 1. The quantitative estimate of drug-likeness (QED) is 0.683. The van der Waals surface area contributed by atoms with E-state index in [1.165, 1.54) is 45.3 Å². The minimum Gasteiger partial charge on any atom is -0.316 e. The molecule has 0 spiro atoms. The van der Waals surface area contributed by atoms with Crippen molar-refractivity contribution in [2.75, 3.05) is 40.3 Å². The van der Waals surface area contributed by atoms with E-state index in [-0.39, 0.29) is 0 Å². The molecular weight excluding hydrogens is 234 g/mol. The molecule has 1 heterocycles. The van der Waals surface area contributed by atoms with Crippen molar-refractivity contribution in [3.8, 4) is 0 Å². The Balaban J connectivity index is 2.15. The van der Waals surface area contributed by atoms with Gasteiger partial charge < -0.3 is 10.2 Å². The normalized spacial score (nSPS) is 23.2. The Kier molecular flexibility index (Phi) is 7.96. The average molecular weight is 269 g/mol. The van der Waals surface area contributed by atoms with Crippen molar-refractivity contribution in [2.24, 2.45) is 5.92 Å². The van der Waals surface area contributed by atoms with Crippen molar-refractivity contribution in [3.05, 3.63) is 0 Å². The van der Waals surface area contributed by atoms with Crippen LogP contribution in [0.2, 0.25) is 0 Å². The Labute approximate surface area is 120 Å². The molecule has 2 atom stereocenters. The first-order valence-corrected chi connectivity index (χ1v) is 8.12. The van der Waals surface area contributed by atoms with Crippen molar-refractivity contribution in [1.82, 2.24) is 15.1 Å². The Bertz CT molecular complexity index is 230. The van der Waals surface area contributed by atoms with Crippen molar-refractivity contribution in [2.45, 2.75) is 58.5 Å². The van der Waals surface area contributed by atoms with Gasteiger partial charge in [-0.1, -0.05) is 13.8 Å². The molecule has 3 nitrogen and oxygen atoms in total. The van der Waals surface area contributed by atoms with E-state index < -0.39 is 0 Å². The third-order valence-corrected chi connectivity index (χ3v) is 4.40. The molecule has 1 saturated heterocycles. The molecule has 0 aromatic rings. The Hall–Kier alpha value is -0.120. The van der Waals surface area contributed by atoms with Gasteiger partial charge in [0, 0.05) is 18.6 Å². The fourth-order valence-electron chi connectivity index (χ4n) is 2.95. The van der Waals surface area contributed by atoms with E-state index in [9.17, 15) is 0 Å². The van der Waals surface area contributed by atoms with Gasteiger partial charge in [-0.25, -0.2) is 0 Å². The molecule has 19 heavy (non-hydrogen) atoms. The number of likely N-dealkylation sites (N-methyl/N-ethyl adjacent to an activating group) is 2. The van der Waals surface area contributed by atoms with Crippen LogP contribution in [-0.2, 0) is 0 Å². The molecule has 0 saturated carbocycles. The highest BCUT2D eigenvalue weighted by molar-refractivity contribution is 4.80. The van der Waals surface area contributed by atoms with Crippen LogP contribution in [0.1, 0.15) is 46.5 Å². The summed E-state index contributed by atoms with van der Waals surface area (Å²) >= 11 is 0. The third-order valence-electron chi connectivity index (χ3n) is 4.40. The summed E-state index contributed by atoms with van der Waals surface area (Å²) in [7, 11) is 4.57. The van der Waals surface area contributed by atoms with E-state index in [0.29, 0.717) is 6.04 Å². The summed E-state index contributed by atoms with van der Waals surface area (Å²) in [6, 6.07) is 1.47. The molecule has 2 unspecified atom stereocenters. The second-order valence-corrected chi connectivity index (χ2v) is 6.81. The summed E-state index contributed by atoms with van der Waals surface area (Å²) in [6.07, 6.45) is 5.33. The predicted molar refractivity (Wildman–Crippen MR) is 84.7 cm³/mol. The summed E-state index contributed by atoms with van der Waals surface area (Å²) in [6.45, 7) is 11.8. The Morgan fingerprint density at radius 3 is 2.68 bits per heavy atom. The molecule has 1 aliphatic rings. The molecule has 0 aromatic carbocycles. The molecule has 1 fully saturated rings. The van der Waals surface area contributed by atoms with Gasteiger partial charge in [0.25, 0.3) is 0 Å². The number of likely N-dealkylation sites (tertiary alicyclic amines) is 1. The predicted octanol–water partition coefficient (Wildman–Crippen LogP) is 2.43. The average Bonchev–Trinajstić information content (AvgIpc) is 2.36. The molecule has 1 aliphatic heterocycles. The van der Waals surface area contributed by atoms with Crippen LogP contribution in [0.4, 0.5) is 0 Å². The third kappa shape index (κ3) is 6.73. The van der Waals surface area contributed by atoms with Gasteiger partial charge in [-0.05, 0) is 72.3 Å². The van der Waals surface area contributed by atoms with Gasteiger partial charge in [-0.3, -0.25) is 4.90 Å². The van der Waals surface area contributed by atoms with Crippen LogP contribution in [0.25, 0.3) is 0 Å². The lowest BCUT2D eigenvalue weighted by atomic mass is 10.0. The maximum absolute atomic E-state index is 3.54. The van der Waals surface area contributed by atoms with Crippen LogP contribution in [0, 0.1) is 5.92 Å². The van der Waals surface area contributed by atoms with Gasteiger partial charge in [0.1, 0.15) is 0 Å². The number of hydrogen-bond donors (Lipinski definition) is 1. The van der Waals surface area contributed by atoms with Gasteiger partial charge in [-0.15, -0.1) is 0 Å². The first-order chi connectivity index (χ1) is 9.00. The summed E-state index contributed by atoms with van der Waals surface area (Å²) in [4.78, 5) is 5.08. The zero-order chi connectivity index (χ0) is 14.3. The first-order valence-electron chi connectivity index (χ1n) is 8.12. The fourth-order valence-corrected chi connectivity index (χ4v) is 2.95. The summed E-state index contributed by atoms with van der Waals surface area (Å²) < 4.78 is 0. The van der Waals surface area contributed by atoms with E-state index >= 15 is 0 Å². The topological polar surface area (TPSA) is 18.5 Å². The molecule has 0 radical (unpaired) electrons. The van der Waals surface area contributed by atoms with Crippen molar-refractivity contribution in [3.63, 3.8) is 0 Å². The van der Waals surface area contributed by atoms with Gasteiger partial charge in [-0.2, -0.15) is 0 Å². The summed E-state index contributed by atoms with van der Waals surface area (Å²) in [5, 5.41) is 3.54. The number of nitrogens with zero attached hydrogens (tertiary/aromatic N) is 2. The van der Waals surface area contributed by atoms with Crippen LogP contribution in [-0.4, -0.2) is 62.2 Å². The molecule has 0 amide bonds. The van der Waals surface area contributed by atoms with E-state index in [4.69, 9.17) is 0 Å². The lowest BCUT2D eigenvalue weighted by Crippen LogP contribution is -2.48. The molecule has 0 aromatic heterocycles. The van der Waals surface area contributed by atoms with Crippen molar-refractivity contribution >= 4 is 0 Å². The highest BCUT2D eigenvalue weighted by Crippen LogP contribution is 2.17. The zero-order valence-electron chi connectivity index (χ0n) is 13.8. The maximum atomic E-state index is 3.54. The van der Waals surface area contributed by atoms with Crippen molar-refractivity contribution in [1.29, 1.82) is 0 Å². The number of rotatable bonds is 8. The van der Waals surface area contributed by atoms with E-state index in [0.717, 1.165) is 18.5 Å².